The molecule has 2 N–H and O–H groups in total. The Balaban J connectivity index is 1.92. The number of rotatable bonds is 11. The third-order valence-corrected chi connectivity index (χ3v) is 10.3. The number of hydrogen-bond donors (Lipinski definition) is 2. The lowest BCUT2D eigenvalue weighted by atomic mass is 10.0. The number of ether oxygens (including phenoxy) is 2. The van der Waals surface area contributed by atoms with Crippen molar-refractivity contribution in [2.24, 2.45) is 5.92 Å². The van der Waals surface area contributed by atoms with E-state index < -0.39 is 22.2 Å². The van der Waals surface area contributed by atoms with Crippen LogP contribution in [0.4, 0.5) is 5.69 Å². The highest BCUT2D eigenvalue weighted by atomic mass is 32.2. The lowest BCUT2D eigenvalue weighted by Crippen LogP contribution is -2.48. The SMILES string of the molecule is Cc1ccc(S(=O)(=O)N(C)C[C@@H]2OCCCC[C@H](C)Oc3ccc(NC(=O)CCCN(C)C)cc3C(=O)N([C@@H](C)CO)C[C@H]2C)cc1. The van der Waals surface area contributed by atoms with Gasteiger partial charge in [-0.3, -0.25) is 9.59 Å². The normalized spacial score (nSPS) is 20.8. The van der Waals surface area contributed by atoms with Crippen molar-refractivity contribution in [2.75, 3.05) is 59.3 Å². The third kappa shape index (κ3) is 11.3. The second kappa shape index (κ2) is 17.9. The lowest BCUT2D eigenvalue weighted by Gasteiger charge is -2.35. The maximum atomic E-state index is 14.3. The van der Waals surface area contributed by atoms with Crippen molar-refractivity contribution in [1.29, 1.82) is 0 Å². The molecule has 2 amide bonds. The van der Waals surface area contributed by atoms with Crippen LogP contribution in [0.1, 0.15) is 68.8 Å². The Bertz CT molecular complexity index is 1420. The number of carbonyl (C=O) groups excluding carboxylic acids is 2. The number of amides is 2. The molecule has 0 aliphatic carbocycles. The number of carbonyl (C=O) groups is 2. The van der Waals surface area contributed by atoms with Crippen LogP contribution in [0.15, 0.2) is 47.4 Å². The Morgan fingerprint density at radius 3 is 2.47 bits per heavy atom. The van der Waals surface area contributed by atoms with Crippen LogP contribution in [0.3, 0.4) is 0 Å². The minimum Gasteiger partial charge on any atom is -0.490 e. The second-order valence-corrected chi connectivity index (χ2v) is 15.1. The molecule has 0 fully saturated rings. The summed E-state index contributed by atoms with van der Waals surface area (Å²) in [6, 6.07) is 11.3. The Morgan fingerprint density at radius 1 is 1.11 bits per heavy atom. The van der Waals surface area contributed by atoms with Crippen LogP contribution in [0.5, 0.6) is 5.75 Å². The first-order valence-corrected chi connectivity index (χ1v) is 18.0. The monoisotopic (exact) mass is 674 g/mol. The number of hydrogen-bond acceptors (Lipinski definition) is 8. The highest BCUT2D eigenvalue weighted by Gasteiger charge is 2.32. The van der Waals surface area contributed by atoms with E-state index in [2.05, 4.69) is 5.32 Å². The molecular formula is C35H54N4O7S. The summed E-state index contributed by atoms with van der Waals surface area (Å²) in [5.74, 6) is -0.395. The zero-order valence-electron chi connectivity index (χ0n) is 29.1. The molecule has 0 aromatic heterocycles. The number of anilines is 1. The number of nitrogens with zero attached hydrogens (tertiary/aromatic N) is 3. The summed E-state index contributed by atoms with van der Waals surface area (Å²) in [7, 11) is 1.68. The number of aliphatic hydroxyl groups is 1. The Kier molecular flexibility index (Phi) is 14.7. The summed E-state index contributed by atoms with van der Waals surface area (Å²) in [4.78, 5) is 30.8. The molecule has 12 heteroatoms. The molecule has 0 saturated carbocycles. The van der Waals surface area contributed by atoms with E-state index in [0.717, 1.165) is 31.4 Å². The van der Waals surface area contributed by atoms with Crippen LogP contribution < -0.4 is 10.1 Å². The van der Waals surface area contributed by atoms with Crippen molar-refractivity contribution in [3.05, 3.63) is 53.6 Å². The number of sulfonamides is 1. The fourth-order valence-electron chi connectivity index (χ4n) is 5.48. The summed E-state index contributed by atoms with van der Waals surface area (Å²) in [5.41, 5.74) is 1.73. The van der Waals surface area contributed by atoms with Crippen molar-refractivity contribution in [1.82, 2.24) is 14.1 Å². The fourth-order valence-corrected chi connectivity index (χ4v) is 6.67. The van der Waals surface area contributed by atoms with Crippen LogP contribution in [0.2, 0.25) is 0 Å². The van der Waals surface area contributed by atoms with Crippen molar-refractivity contribution in [2.45, 2.75) is 82.9 Å². The van der Waals surface area contributed by atoms with Crippen LogP contribution in [0, 0.1) is 12.8 Å². The van der Waals surface area contributed by atoms with Crippen molar-refractivity contribution >= 4 is 27.5 Å². The Labute approximate surface area is 281 Å². The molecule has 262 valence electrons. The van der Waals surface area contributed by atoms with Gasteiger partial charge in [0.15, 0.2) is 0 Å². The quantitative estimate of drug-likeness (QED) is 0.359. The van der Waals surface area contributed by atoms with E-state index >= 15 is 0 Å². The predicted molar refractivity (Wildman–Crippen MR) is 184 cm³/mol. The average molecular weight is 675 g/mol. The lowest BCUT2D eigenvalue weighted by molar-refractivity contribution is -0.116. The molecule has 1 heterocycles. The highest BCUT2D eigenvalue weighted by molar-refractivity contribution is 7.89. The van der Waals surface area contributed by atoms with E-state index in [1.165, 1.54) is 4.31 Å². The molecule has 0 spiro atoms. The van der Waals surface area contributed by atoms with Gasteiger partial charge in [-0.1, -0.05) is 24.6 Å². The molecule has 4 atom stereocenters. The minimum atomic E-state index is -3.78. The molecule has 0 saturated heterocycles. The van der Waals surface area contributed by atoms with Gasteiger partial charge in [0.25, 0.3) is 5.91 Å². The maximum Gasteiger partial charge on any atom is 0.258 e. The number of fused-ring (bicyclic) bond motifs is 1. The van der Waals surface area contributed by atoms with E-state index in [1.54, 1.807) is 61.3 Å². The van der Waals surface area contributed by atoms with Crippen LogP contribution in [-0.4, -0.2) is 112 Å². The fraction of sp³-hybridized carbons (Fsp3) is 0.600. The largest absolute Gasteiger partial charge is 0.490 e. The molecule has 0 unspecified atom stereocenters. The van der Waals surface area contributed by atoms with Gasteiger partial charge in [-0.2, -0.15) is 4.31 Å². The smallest absolute Gasteiger partial charge is 0.258 e. The van der Waals surface area contributed by atoms with E-state index in [1.807, 2.05) is 39.8 Å². The van der Waals surface area contributed by atoms with E-state index in [4.69, 9.17) is 9.47 Å². The first kappa shape index (κ1) is 38.4. The van der Waals surface area contributed by atoms with Crippen LogP contribution in [-0.2, 0) is 19.6 Å². The number of benzene rings is 2. The van der Waals surface area contributed by atoms with Crippen LogP contribution in [0.25, 0.3) is 0 Å². The van der Waals surface area contributed by atoms with Crippen molar-refractivity contribution in [3.63, 3.8) is 0 Å². The molecule has 3 rings (SSSR count). The number of aliphatic hydroxyl groups excluding tert-OH is 1. The van der Waals surface area contributed by atoms with E-state index in [9.17, 15) is 23.1 Å². The van der Waals surface area contributed by atoms with E-state index in [-0.39, 0.29) is 54.0 Å². The topological polar surface area (TPSA) is 129 Å². The van der Waals surface area contributed by atoms with Gasteiger partial charge < -0.3 is 29.7 Å². The molecule has 2 aromatic carbocycles. The third-order valence-electron chi connectivity index (χ3n) is 8.51. The Hall–Kier alpha value is -3.03. The average Bonchev–Trinajstić information content (AvgIpc) is 3.02. The zero-order valence-corrected chi connectivity index (χ0v) is 29.9. The summed E-state index contributed by atoms with van der Waals surface area (Å²) < 4.78 is 40.8. The Morgan fingerprint density at radius 2 is 1.81 bits per heavy atom. The highest BCUT2D eigenvalue weighted by Crippen LogP contribution is 2.29. The van der Waals surface area contributed by atoms with Gasteiger partial charge in [-0.25, -0.2) is 8.42 Å². The van der Waals surface area contributed by atoms with Gasteiger partial charge in [0, 0.05) is 44.8 Å². The number of aryl methyl sites for hydroxylation is 1. The molecule has 47 heavy (non-hydrogen) atoms. The zero-order chi connectivity index (χ0) is 34.7. The molecule has 1 aliphatic heterocycles. The number of nitrogens with one attached hydrogen (secondary N) is 1. The maximum absolute atomic E-state index is 14.3. The van der Waals surface area contributed by atoms with Gasteiger partial charge in [0.05, 0.1) is 35.3 Å². The minimum absolute atomic E-state index is 0.0903. The van der Waals surface area contributed by atoms with Gasteiger partial charge >= 0.3 is 0 Å². The molecule has 1 aliphatic rings. The summed E-state index contributed by atoms with van der Waals surface area (Å²) in [6.45, 7) is 8.76. The summed E-state index contributed by atoms with van der Waals surface area (Å²) in [5, 5.41) is 13.1. The molecule has 0 radical (unpaired) electrons. The van der Waals surface area contributed by atoms with Gasteiger partial charge in [-0.05, 0) is 97.4 Å². The predicted octanol–water partition coefficient (Wildman–Crippen LogP) is 4.39. The van der Waals surface area contributed by atoms with Crippen LogP contribution >= 0.6 is 0 Å². The standard InChI is InChI=1S/C35H54N4O7S/c1-25-13-16-30(17-14-25)47(43,44)38(7)23-33-26(2)22-39(27(3)24-40)35(42)31-21-29(36-34(41)12-10-19-37(5)6)15-18-32(31)46-28(4)11-8-9-20-45-33/h13-18,21,26-28,33,40H,8-12,19-20,22-24H2,1-7H3,(H,36,41)/t26-,27+,28+,33+/m1/s1. The summed E-state index contributed by atoms with van der Waals surface area (Å²) >= 11 is 0. The molecule has 2 aromatic rings. The molecular weight excluding hydrogens is 620 g/mol. The van der Waals surface area contributed by atoms with Gasteiger partial charge in [-0.15, -0.1) is 0 Å². The second-order valence-electron chi connectivity index (χ2n) is 13.1. The summed E-state index contributed by atoms with van der Waals surface area (Å²) in [6.07, 6.45) is 2.63. The van der Waals surface area contributed by atoms with Crippen molar-refractivity contribution in [3.8, 4) is 5.75 Å². The van der Waals surface area contributed by atoms with Gasteiger partial charge in [0.2, 0.25) is 15.9 Å². The van der Waals surface area contributed by atoms with Crippen molar-refractivity contribution < 1.29 is 32.6 Å². The first-order chi connectivity index (χ1) is 22.2. The van der Waals surface area contributed by atoms with Gasteiger partial charge in [0.1, 0.15) is 5.75 Å². The molecule has 11 nitrogen and oxygen atoms in total. The molecule has 0 bridgehead atoms. The first-order valence-electron chi connectivity index (χ1n) is 16.5. The number of likely N-dealkylation sites (N-methyl/N-ethyl adjacent to an activating group) is 1. The van der Waals surface area contributed by atoms with E-state index in [0.29, 0.717) is 30.9 Å².